The number of carbonyl (C=O) groups excluding carboxylic acids is 2. The zero-order valence-corrected chi connectivity index (χ0v) is 12.6. The molecule has 0 heterocycles. The van der Waals surface area contributed by atoms with Crippen molar-refractivity contribution in [3.8, 4) is 0 Å². The smallest absolute Gasteiger partial charge is 0.233 e. The molecule has 1 saturated carbocycles. The molecule has 0 aliphatic heterocycles. The fourth-order valence-corrected chi connectivity index (χ4v) is 3.32. The molecule has 0 radical (unpaired) electrons. The van der Waals surface area contributed by atoms with Crippen LogP contribution < -0.4 is 5.32 Å². The Kier molecular flexibility index (Phi) is 5.65. The zero-order valence-electron chi connectivity index (χ0n) is 11.8. The highest BCUT2D eigenvalue weighted by molar-refractivity contribution is 8.00. The second-order valence-electron chi connectivity index (χ2n) is 5.29. The molecule has 1 amide bonds. The SMILES string of the molecule is CC(Sc1ccc(C=O)cc1)C(=O)NC1CCCCC1. The normalized spacial score (nSPS) is 17.4. The first-order valence-electron chi connectivity index (χ1n) is 7.21. The highest BCUT2D eigenvalue weighted by Crippen LogP contribution is 2.24. The van der Waals surface area contributed by atoms with Crippen LogP contribution in [0.4, 0.5) is 0 Å². The Morgan fingerprint density at radius 3 is 2.50 bits per heavy atom. The summed E-state index contributed by atoms with van der Waals surface area (Å²) in [5.74, 6) is 0.112. The second-order valence-corrected chi connectivity index (χ2v) is 6.70. The van der Waals surface area contributed by atoms with Gasteiger partial charge >= 0.3 is 0 Å². The zero-order chi connectivity index (χ0) is 14.4. The molecule has 3 nitrogen and oxygen atoms in total. The van der Waals surface area contributed by atoms with Gasteiger partial charge in [-0.25, -0.2) is 0 Å². The molecule has 1 aromatic carbocycles. The molecule has 1 atom stereocenters. The van der Waals surface area contributed by atoms with Gasteiger partial charge in [0.15, 0.2) is 0 Å². The molecule has 1 N–H and O–H groups in total. The van der Waals surface area contributed by atoms with Gasteiger partial charge in [-0.2, -0.15) is 0 Å². The molecule has 1 aliphatic carbocycles. The molecule has 1 unspecified atom stereocenters. The van der Waals surface area contributed by atoms with Crippen LogP contribution >= 0.6 is 11.8 Å². The van der Waals surface area contributed by atoms with Gasteiger partial charge in [-0.15, -0.1) is 11.8 Å². The van der Waals surface area contributed by atoms with Crippen molar-refractivity contribution < 1.29 is 9.59 Å². The van der Waals surface area contributed by atoms with Gasteiger partial charge < -0.3 is 5.32 Å². The van der Waals surface area contributed by atoms with Crippen LogP contribution in [-0.4, -0.2) is 23.5 Å². The third-order valence-electron chi connectivity index (χ3n) is 3.65. The van der Waals surface area contributed by atoms with E-state index < -0.39 is 0 Å². The Hall–Kier alpha value is -1.29. The van der Waals surface area contributed by atoms with E-state index in [-0.39, 0.29) is 11.2 Å². The van der Waals surface area contributed by atoms with Crippen LogP contribution in [0.5, 0.6) is 0 Å². The van der Waals surface area contributed by atoms with E-state index in [1.807, 2.05) is 19.1 Å². The van der Waals surface area contributed by atoms with Crippen LogP contribution in [0.25, 0.3) is 0 Å². The van der Waals surface area contributed by atoms with E-state index in [0.29, 0.717) is 11.6 Å². The number of benzene rings is 1. The number of rotatable bonds is 5. The average Bonchev–Trinajstić information content (AvgIpc) is 2.49. The first-order valence-corrected chi connectivity index (χ1v) is 8.09. The maximum absolute atomic E-state index is 12.2. The minimum atomic E-state index is -0.112. The quantitative estimate of drug-likeness (QED) is 0.668. The minimum Gasteiger partial charge on any atom is -0.352 e. The molecular formula is C16H21NO2S. The number of carbonyl (C=O) groups is 2. The van der Waals surface area contributed by atoms with Crippen molar-refractivity contribution in [2.24, 2.45) is 0 Å². The topological polar surface area (TPSA) is 46.2 Å². The van der Waals surface area contributed by atoms with Gasteiger partial charge in [-0.3, -0.25) is 9.59 Å². The molecule has 0 bridgehead atoms. The number of nitrogens with one attached hydrogen (secondary N) is 1. The maximum atomic E-state index is 12.2. The molecule has 2 rings (SSSR count). The Balaban J connectivity index is 1.84. The Bertz CT molecular complexity index is 452. The monoisotopic (exact) mass is 291 g/mol. The second kappa shape index (κ2) is 7.48. The molecule has 108 valence electrons. The molecule has 1 fully saturated rings. The maximum Gasteiger partial charge on any atom is 0.233 e. The molecule has 1 aliphatic rings. The summed E-state index contributed by atoms with van der Waals surface area (Å²) in [6.07, 6.45) is 6.78. The van der Waals surface area contributed by atoms with Crippen molar-refractivity contribution >= 4 is 24.0 Å². The van der Waals surface area contributed by atoms with Crippen molar-refractivity contribution in [2.75, 3.05) is 0 Å². The Labute approximate surface area is 124 Å². The first kappa shape index (κ1) is 15.1. The van der Waals surface area contributed by atoms with E-state index in [0.717, 1.165) is 24.0 Å². The minimum absolute atomic E-state index is 0.112. The summed E-state index contributed by atoms with van der Waals surface area (Å²) in [5.41, 5.74) is 0.661. The highest BCUT2D eigenvalue weighted by atomic mass is 32.2. The van der Waals surface area contributed by atoms with Gasteiger partial charge in [-0.05, 0) is 31.9 Å². The number of hydrogen-bond acceptors (Lipinski definition) is 3. The lowest BCUT2D eigenvalue weighted by atomic mass is 9.95. The summed E-state index contributed by atoms with van der Waals surface area (Å²) < 4.78 is 0. The van der Waals surface area contributed by atoms with Crippen molar-refractivity contribution in [3.63, 3.8) is 0 Å². The lowest BCUT2D eigenvalue weighted by Gasteiger charge is -2.24. The average molecular weight is 291 g/mol. The van der Waals surface area contributed by atoms with Crippen LogP contribution in [0.2, 0.25) is 0 Å². The van der Waals surface area contributed by atoms with E-state index >= 15 is 0 Å². The predicted octanol–water partition coefficient (Wildman–Crippen LogP) is 3.43. The lowest BCUT2D eigenvalue weighted by molar-refractivity contribution is -0.121. The van der Waals surface area contributed by atoms with Gasteiger partial charge in [0.25, 0.3) is 0 Å². The Morgan fingerprint density at radius 1 is 1.25 bits per heavy atom. The van der Waals surface area contributed by atoms with E-state index in [1.165, 1.54) is 31.0 Å². The van der Waals surface area contributed by atoms with Crippen molar-refractivity contribution in [1.29, 1.82) is 0 Å². The van der Waals surface area contributed by atoms with Crippen LogP contribution in [0.1, 0.15) is 49.4 Å². The fourth-order valence-electron chi connectivity index (χ4n) is 2.45. The summed E-state index contributed by atoms with van der Waals surface area (Å²) in [7, 11) is 0. The first-order chi connectivity index (χ1) is 9.69. The molecule has 0 aromatic heterocycles. The summed E-state index contributed by atoms with van der Waals surface area (Å²) in [5, 5.41) is 3.03. The van der Waals surface area contributed by atoms with Crippen LogP contribution in [0, 0.1) is 0 Å². The fraction of sp³-hybridized carbons (Fsp3) is 0.500. The van der Waals surface area contributed by atoms with Crippen LogP contribution in [0.15, 0.2) is 29.2 Å². The van der Waals surface area contributed by atoms with Crippen molar-refractivity contribution in [2.45, 2.75) is 55.2 Å². The third kappa shape index (κ3) is 4.37. The van der Waals surface area contributed by atoms with Gasteiger partial charge in [0, 0.05) is 16.5 Å². The van der Waals surface area contributed by atoms with Crippen molar-refractivity contribution in [3.05, 3.63) is 29.8 Å². The summed E-state index contributed by atoms with van der Waals surface area (Å²) >= 11 is 1.53. The molecule has 4 heteroatoms. The summed E-state index contributed by atoms with van der Waals surface area (Å²) in [6.45, 7) is 1.93. The standard InChI is InChI=1S/C16H21NO2S/c1-12(16(19)17-14-5-3-2-4-6-14)20-15-9-7-13(11-18)8-10-15/h7-12,14H,2-6H2,1H3,(H,17,19). The molecule has 0 spiro atoms. The summed E-state index contributed by atoms with van der Waals surface area (Å²) in [6, 6.07) is 7.69. The lowest BCUT2D eigenvalue weighted by Crippen LogP contribution is -2.40. The third-order valence-corrected chi connectivity index (χ3v) is 4.76. The highest BCUT2D eigenvalue weighted by Gasteiger charge is 2.20. The van der Waals surface area contributed by atoms with Gasteiger partial charge in [0.05, 0.1) is 5.25 Å². The van der Waals surface area contributed by atoms with E-state index in [9.17, 15) is 9.59 Å². The van der Waals surface area contributed by atoms with Crippen LogP contribution in [0.3, 0.4) is 0 Å². The van der Waals surface area contributed by atoms with E-state index in [2.05, 4.69) is 5.32 Å². The molecule has 0 saturated heterocycles. The van der Waals surface area contributed by atoms with Crippen LogP contribution in [-0.2, 0) is 4.79 Å². The largest absolute Gasteiger partial charge is 0.352 e. The number of amides is 1. The van der Waals surface area contributed by atoms with Crippen molar-refractivity contribution in [1.82, 2.24) is 5.32 Å². The van der Waals surface area contributed by atoms with Gasteiger partial charge in [0.2, 0.25) is 5.91 Å². The molecule has 1 aromatic rings. The Morgan fingerprint density at radius 2 is 1.90 bits per heavy atom. The molecular weight excluding hydrogens is 270 g/mol. The van der Waals surface area contributed by atoms with E-state index in [4.69, 9.17) is 0 Å². The summed E-state index contributed by atoms with van der Waals surface area (Å²) in [4.78, 5) is 23.8. The predicted molar refractivity (Wildman–Crippen MR) is 82.2 cm³/mol. The number of hydrogen-bond donors (Lipinski definition) is 1. The molecule has 20 heavy (non-hydrogen) atoms. The van der Waals surface area contributed by atoms with E-state index in [1.54, 1.807) is 12.1 Å². The number of aldehydes is 1. The van der Waals surface area contributed by atoms with Gasteiger partial charge in [-0.1, -0.05) is 31.4 Å². The number of thioether (sulfide) groups is 1. The van der Waals surface area contributed by atoms with Gasteiger partial charge in [0.1, 0.15) is 6.29 Å².